The molecule has 0 aromatic heterocycles. The molecule has 0 saturated carbocycles. The number of rotatable bonds is 0. The van der Waals surface area contributed by atoms with E-state index in [1.165, 1.54) is 12.1 Å². The first kappa shape index (κ1) is 15.2. The van der Waals surface area contributed by atoms with E-state index in [0.717, 1.165) is 0 Å². The summed E-state index contributed by atoms with van der Waals surface area (Å²) in [4.78, 5) is 8.56. The second kappa shape index (κ2) is 9.78. The number of nitrogens with two attached hydrogens (primary N) is 2. The zero-order valence-corrected chi connectivity index (χ0v) is 7.72. The molecule has 0 aliphatic heterocycles. The average molecular weight is 217 g/mol. The molecular formula is C8H12FN3O3. The molecule has 0 radical (unpaired) electrons. The van der Waals surface area contributed by atoms with Crippen LogP contribution in [0.25, 0.3) is 0 Å². The van der Waals surface area contributed by atoms with Gasteiger partial charge in [-0.05, 0) is 12.1 Å². The molecule has 0 aliphatic carbocycles. The molecule has 0 unspecified atom stereocenters. The van der Waals surface area contributed by atoms with E-state index in [4.69, 9.17) is 20.4 Å². The number of carbonyl (C=O) groups is 1. The third-order valence-corrected chi connectivity index (χ3v) is 0.733. The smallest absolute Gasteiger partial charge is 0.450 e. The van der Waals surface area contributed by atoms with Crippen LogP contribution in [0.2, 0.25) is 0 Å². The van der Waals surface area contributed by atoms with Gasteiger partial charge in [0.05, 0.1) is 0 Å². The fourth-order valence-corrected chi connectivity index (χ4v) is 0.415. The highest BCUT2D eigenvalue weighted by molar-refractivity contribution is 5.71. The van der Waals surface area contributed by atoms with E-state index in [9.17, 15) is 4.39 Å². The number of carboxylic acid groups (broad SMARTS) is 2. The highest BCUT2D eigenvalue weighted by atomic mass is 19.1. The first-order valence-electron chi connectivity index (χ1n) is 3.58. The maximum Gasteiger partial charge on any atom is 0.503 e. The number of hydrogen-bond acceptors (Lipinski definition) is 2. The summed E-state index contributed by atoms with van der Waals surface area (Å²) in [5.74, 6) is -0.512. The Morgan fingerprint density at radius 1 is 1.20 bits per heavy atom. The highest BCUT2D eigenvalue weighted by Gasteiger charge is 1.77. The van der Waals surface area contributed by atoms with Crippen molar-refractivity contribution in [3.63, 3.8) is 0 Å². The van der Waals surface area contributed by atoms with Crippen LogP contribution in [0.5, 0.6) is 0 Å². The predicted octanol–water partition coefficient (Wildman–Crippen LogP) is 0.887. The Labute approximate surface area is 85.5 Å². The topological polar surface area (TPSA) is 133 Å². The lowest BCUT2D eigenvalue weighted by atomic mass is 10.4. The molecule has 1 rings (SSSR count). The second-order valence-electron chi connectivity index (χ2n) is 2.03. The molecule has 6 nitrogen and oxygen atoms in total. The van der Waals surface area contributed by atoms with Gasteiger partial charge in [-0.15, -0.1) is 0 Å². The standard InChI is InChI=1S/C6H5F.CH5N3.CH2O3/c7-6-4-2-1-3-5-6;2*2-1(3)4/h1-5H;(H5,2,3,4);(H2,2,3,4). The monoisotopic (exact) mass is 217 g/mol. The van der Waals surface area contributed by atoms with Crippen LogP contribution in [0.15, 0.2) is 30.3 Å². The summed E-state index contributed by atoms with van der Waals surface area (Å²) in [6.07, 6.45) is -1.83. The van der Waals surface area contributed by atoms with Crippen LogP contribution < -0.4 is 11.5 Å². The van der Waals surface area contributed by atoms with E-state index in [0.29, 0.717) is 0 Å². The minimum Gasteiger partial charge on any atom is -0.450 e. The van der Waals surface area contributed by atoms with Gasteiger partial charge < -0.3 is 21.7 Å². The maximum atomic E-state index is 11.9. The van der Waals surface area contributed by atoms with Crippen LogP contribution in [0.1, 0.15) is 0 Å². The molecule has 15 heavy (non-hydrogen) atoms. The highest BCUT2D eigenvalue weighted by Crippen LogP contribution is 1.91. The Morgan fingerprint density at radius 2 is 1.47 bits per heavy atom. The Kier molecular flexibility index (Phi) is 9.89. The molecule has 0 bridgehead atoms. The van der Waals surface area contributed by atoms with Crippen molar-refractivity contribution in [3.05, 3.63) is 36.1 Å². The van der Waals surface area contributed by atoms with Gasteiger partial charge in [0.25, 0.3) is 0 Å². The molecule has 7 N–H and O–H groups in total. The number of benzene rings is 1. The van der Waals surface area contributed by atoms with Gasteiger partial charge in [0.2, 0.25) is 0 Å². The average Bonchev–Trinajstić information content (AvgIpc) is 2.03. The van der Waals surface area contributed by atoms with Crippen LogP contribution in [0, 0.1) is 11.2 Å². The summed E-state index contributed by atoms with van der Waals surface area (Å²) < 4.78 is 11.9. The summed E-state index contributed by atoms with van der Waals surface area (Å²) in [6.45, 7) is 0. The fraction of sp³-hybridized carbons (Fsp3) is 0. The lowest BCUT2D eigenvalue weighted by molar-refractivity contribution is 0.137. The second-order valence-corrected chi connectivity index (χ2v) is 2.03. The predicted molar refractivity (Wildman–Crippen MR) is 53.2 cm³/mol. The van der Waals surface area contributed by atoms with Crippen LogP contribution in [-0.2, 0) is 0 Å². The van der Waals surface area contributed by atoms with Crippen LogP contribution in [-0.4, -0.2) is 22.3 Å². The number of halogens is 1. The Balaban J connectivity index is 0. The summed E-state index contributed by atoms with van der Waals surface area (Å²) >= 11 is 0. The van der Waals surface area contributed by atoms with Crippen molar-refractivity contribution in [2.24, 2.45) is 11.5 Å². The summed E-state index contributed by atoms with van der Waals surface area (Å²) in [7, 11) is 0. The van der Waals surface area contributed by atoms with Gasteiger partial charge in [-0.2, -0.15) is 0 Å². The van der Waals surface area contributed by atoms with Gasteiger partial charge in [-0.1, -0.05) is 18.2 Å². The van der Waals surface area contributed by atoms with Gasteiger partial charge in [0.15, 0.2) is 5.96 Å². The van der Waals surface area contributed by atoms with E-state index >= 15 is 0 Å². The van der Waals surface area contributed by atoms with Crippen LogP contribution >= 0.6 is 0 Å². The molecule has 1 aromatic rings. The van der Waals surface area contributed by atoms with Crippen molar-refractivity contribution in [1.82, 2.24) is 0 Å². The van der Waals surface area contributed by atoms with Crippen molar-refractivity contribution in [2.75, 3.05) is 0 Å². The van der Waals surface area contributed by atoms with Gasteiger partial charge in [0, 0.05) is 0 Å². The Bertz CT molecular complexity index is 272. The molecule has 0 aliphatic rings. The van der Waals surface area contributed by atoms with Crippen molar-refractivity contribution < 1.29 is 19.4 Å². The third kappa shape index (κ3) is 33.9. The number of guanidine groups is 1. The first-order valence-corrected chi connectivity index (χ1v) is 3.58. The summed E-state index contributed by atoms with van der Waals surface area (Å²) in [6, 6.07) is 7.94. The zero-order valence-electron chi connectivity index (χ0n) is 7.72. The van der Waals surface area contributed by atoms with Crippen LogP contribution in [0.3, 0.4) is 0 Å². The van der Waals surface area contributed by atoms with E-state index in [-0.39, 0.29) is 11.8 Å². The molecule has 0 heterocycles. The normalized spacial score (nSPS) is 7.27. The molecule has 0 spiro atoms. The molecule has 0 amide bonds. The zero-order chi connectivity index (χ0) is 12.3. The van der Waals surface area contributed by atoms with Crippen molar-refractivity contribution in [2.45, 2.75) is 0 Å². The van der Waals surface area contributed by atoms with Gasteiger partial charge in [-0.25, -0.2) is 9.18 Å². The fourth-order valence-electron chi connectivity index (χ4n) is 0.415. The lowest BCUT2D eigenvalue weighted by Gasteiger charge is -1.78. The minimum atomic E-state index is -1.83. The molecule has 0 fully saturated rings. The van der Waals surface area contributed by atoms with Crippen molar-refractivity contribution >= 4 is 12.1 Å². The summed E-state index contributed by atoms with van der Waals surface area (Å²) in [5, 5.41) is 20.0. The molecule has 7 heteroatoms. The summed E-state index contributed by atoms with van der Waals surface area (Å²) in [5.41, 5.74) is 8.94. The van der Waals surface area contributed by atoms with Crippen molar-refractivity contribution in [3.8, 4) is 0 Å². The van der Waals surface area contributed by atoms with E-state index in [2.05, 4.69) is 11.5 Å². The van der Waals surface area contributed by atoms with Crippen LogP contribution in [0.4, 0.5) is 9.18 Å². The quantitative estimate of drug-likeness (QED) is 0.325. The van der Waals surface area contributed by atoms with Gasteiger partial charge >= 0.3 is 6.16 Å². The van der Waals surface area contributed by atoms with E-state index in [1.54, 1.807) is 18.2 Å². The first-order chi connectivity index (χ1) is 6.86. The lowest BCUT2D eigenvalue weighted by Crippen LogP contribution is -2.20. The van der Waals surface area contributed by atoms with Crippen molar-refractivity contribution in [1.29, 1.82) is 5.41 Å². The number of nitrogens with one attached hydrogen (secondary N) is 1. The molecular weight excluding hydrogens is 205 g/mol. The minimum absolute atomic E-state index is 0.178. The Hall–Kier alpha value is -2.31. The number of hydrogen-bond donors (Lipinski definition) is 5. The molecule has 0 atom stereocenters. The Morgan fingerprint density at radius 3 is 1.60 bits per heavy atom. The van der Waals surface area contributed by atoms with E-state index < -0.39 is 6.16 Å². The SMILES string of the molecule is Fc1ccccc1.N=C(N)N.O=C(O)O. The molecule has 1 aromatic carbocycles. The molecule has 84 valence electrons. The van der Waals surface area contributed by atoms with Gasteiger partial charge in [0.1, 0.15) is 5.82 Å². The maximum absolute atomic E-state index is 11.9. The largest absolute Gasteiger partial charge is 0.503 e. The molecule has 0 saturated heterocycles. The van der Waals surface area contributed by atoms with E-state index in [1.807, 2.05) is 0 Å². The van der Waals surface area contributed by atoms with Gasteiger partial charge in [-0.3, -0.25) is 5.41 Å². The third-order valence-electron chi connectivity index (χ3n) is 0.733.